The quantitative estimate of drug-likeness (QED) is 0.872. The molecule has 1 heterocycles. The number of rotatable bonds is 5. The number of nitrogens with one attached hydrogen (secondary N) is 1. The normalized spacial score (nSPS) is 13.7. The van der Waals surface area contributed by atoms with Crippen molar-refractivity contribution in [3.63, 3.8) is 0 Å². The molecule has 2 aromatic rings. The molecule has 2 nitrogen and oxygen atoms in total. The number of para-hydroxylation sites is 1. The Morgan fingerprint density at radius 3 is 2.85 bits per heavy atom. The Labute approximate surface area is 121 Å². The zero-order valence-corrected chi connectivity index (χ0v) is 12.9. The molecular weight excluding hydrogens is 244 g/mol. The Morgan fingerprint density at radius 1 is 1.35 bits per heavy atom. The fourth-order valence-electron chi connectivity index (χ4n) is 2.35. The summed E-state index contributed by atoms with van der Waals surface area (Å²) in [6.07, 6.45) is 3.44. The summed E-state index contributed by atoms with van der Waals surface area (Å²) in [5, 5.41) is 4.75. The number of aromatic nitrogens is 1. The van der Waals surface area contributed by atoms with Crippen LogP contribution in [0.4, 0.5) is 0 Å². The second-order valence-corrected chi connectivity index (χ2v) is 5.43. The van der Waals surface area contributed by atoms with Crippen LogP contribution in [0.5, 0.6) is 0 Å². The van der Waals surface area contributed by atoms with Crippen LogP contribution in [0.1, 0.15) is 38.4 Å². The summed E-state index contributed by atoms with van der Waals surface area (Å²) >= 11 is 0. The van der Waals surface area contributed by atoms with Gasteiger partial charge in [0.05, 0.1) is 5.52 Å². The van der Waals surface area contributed by atoms with Crippen molar-refractivity contribution in [2.24, 2.45) is 0 Å². The third kappa shape index (κ3) is 3.45. The molecular formula is C18H24N2. The lowest BCUT2D eigenvalue weighted by molar-refractivity contribution is 0.604. The van der Waals surface area contributed by atoms with Gasteiger partial charge >= 0.3 is 0 Å². The van der Waals surface area contributed by atoms with Crippen molar-refractivity contribution < 1.29 is 0 Å². The standard InChI is InChI=1S/C18H24N2/c1-5-10-19-15(4)13(2)11-16-12-14(3)20-18-9-7-6-8-17(16)18/h6-9,11-12,15,19H,5,10H2,1-4H3/b13-11+. The van der Waals surface area contributed by atoms with Crippen LogP contribution in [0.15, 0.2) is 35.9 Å². The Kier molecular flexibility index (Phi) is 4.91. The summed E-state index contributed by atoms with van der Waals surface area (Å²) < 4.78 is 0. The summed E-state index contributed by atoms with van der Waals surface area (Å²) in [5.41, 5.74) is 4.75. The van der Waals surface area contributed by atoms with Crippen LogP contribution in [0.3, 0.4) is 0 Å². The van der Waals surface area contributed by atoms with Gasteiger partial charge in [-0.25, -0.2) is 0 Å². The van der Waals surface area contributed by atoms with Gasteiger partial charge in [-0.15, -0.1) is 0 Å². The Balaban J connectivity index is 2.37. The molecule has 0 radical (unpaired) electrons. The van der Waals surface area contributed by atoms with Crippen molar-refractivity contribution in [3.05, 3.63) is 47.2 Å². The smallest absolute Gasteiger partial charge is 0.0711 e. The molecule has 1 aromatic heterocycles. The number of hydrogen-bond acceptors (Lipinski definition) is 2. The lowest BCUT2D eigenvalue weighted by Gasteiger charge is -2.14. The molecule has 106 valence electrons. The summed E-state index contributed by atoms with van der Waals surface area (Å²) in [5.74, 6) is 0. The van der Waals surface area contributed by atoms with E-state index in [1.165, 1.54) is 16.5 Å². The minimum Gasteiger partial charge on any atom is -0.311 e. The lowest BCUT2D eigenvalue weighted by Crippen LogP contribution is -2.27. The second-order valence-electron chi connectivity index (χ2n) is 5.43. The fourth-order valence-corrected chi connectivity index (χ4v) is 2.35. The highest BCUT2D eigenvalue weighted by Crippen LogP contribution is 2.21. The summed E-state index contributed by atoms with van der Waals surface area (Å²) in [6, 6.07) is 10.9. The van der Waals surface area contributed by atoms with Crippen LogP contribution < -0.4 is 5.32 Å². The Bertz CT molecular complexity index is 614. The molecule has 2 heteroatoms. The topological polar surface area (TPSA) is 24.9 Å². The highest BCUT2D eigenvalue weighted by molar-refractivity contribution is 5.88. The molecule has 1 N–H and O–H groups in total. The van der Waals surface area contributed by atoms with E-state index in [2.05, 4.69) is 68.3 Å². The van der Waals surface area contributed by atoms with Gasteiger partial charge < -0.3 is 5.32 Å². The molecule has 0 saturated heterocycles. The molecule has 2 rings (SSSR count). The van der Waals surface area contributed by atoms with Gasteiger partial charge in [-0.2, -0.15) is 0 Å². The third-order valence-electron chi connectivity index (χ3n) is 3.64. The van der Waals surface area contributed by atoms with Crippen molar-refractivity contribution in [1.82, 2.24) is 10.3 Å². The van der Waals surface area contributed by atoms with E-state index in [1.54, 1.807) is 0 Å². The minimum atomic E-state index is 0.405. The van der Waals surface area contributed by atoms with Crippen LogP contribution >= 0.6 is 0 Å². The number of benzene rings is 1. The molecule has 0 amide bonds. The minimum absolute atomic E-state index is 0.405. The molecule has 0 spiro atoms. The SMILES string of the molecule is CCCNC(C)/C(C)=C/c1cc(C)nc2ccccc12. The fraction of sp³-hybridized carbons (Fsp3) is 0.389. The number of aryl methyl sites for hydroxylation is 1. The van der Waals surface area contributed by atoms with Crippen molar-refractivity contribution in [2.75, 3.05) is 6.54 Å². The molecule has 0 saturated carbocycles. The van der Waals surface area contributed by atoms with Gasteiger partial charge in [0, 0.05) is 17.1 Å². The van der Waals surface area contributed by atoms with Crippen molar-refractivity contribution in [3.8, 4) is 0 Å². The molecule has 1 aromatic carbocycles. The van der Waals surface area contributed by atoms with Crippen molar-refractivity contribution in [1.29, 1.82) is 0 Å². The van der Waals surface area contributed by atoms with Gasteiger partial charge in [-0.05, 0) is 51.4 Å². The first kappa shape index (κ1) is 14.7. The predicted molar refractivity (Wildman–Crippen MR) is 87.9 cm³/mol. The zero-order valence-electron chi connectivity index (χ0n) is 12.9. The number of fused-ring (bicyclic) bond motifs is 1. The second kappa shape index (κ2) is 6.67. The zero-order chi connectivity index (χ0) is 14.5. The van der Waals surface area contributed by atoms with Crippen LogP contribution in [0.2, 0.25) is 0 Å². The molecule has 0 bridgehead atoms. The number of pyridine rings is 1. The van der Waals surface area contributed by atoms with Crippen molar-refractivity contribution >= 4 is 17.0 Å². The molecule has 0 aliphatic carbocycles. The van der Waals surface area contributed by atoms with Crippen LogP contribution in [-0.2, 0) is 0 Å². The third-order valence-corrected chi connectivity index (χ3v) is 3.64. The first-order valence-corrected chi connectivity index (χ1v) is 7.39. The average Bonchev–Trinajstić information content (AvgIpc) is 2.44. The Hall–Kier alpha value is -1.67. The van der Waals surface area contributed by atoms with E-state index in [0.29, 0.717) is 6.04 Å². The van der Waals surface area contributed by atoms with E-state index in [9.17, 15) is 0 Å². The van der Waals surface area contributed by atoms with E-state index < -0.39 is 0 Å². The van der Waals surface area contributed by atoms with Gasteiger partial charge in [0.1, 0.15) is 0 Å². The Morgan fingerprint density at radius 2 is 2.10 bits per heavy atom. The summed E-state index contributed by atoms with van der Waals surface area (Å²) in [7, 11) is 0. The first-order chi connectivity index (χ1) is 9.61. The highest BCUT2D eigenvalue weighted by atomic mass is 14.9. The molecule has 1 unspecified atom stereocenters. The van der Waals surface area contributed by atoms with Crippen LogP contribution in [0, 0.1) is 6.92 Å². The molecule has 0 aliphatic heterocycles. The van der Waals surface area contributed by atoms with Crippen LogP contribution in [0.25, 0.3) is 17.0 Å². The van der Waals surface area contributed by atoms with Gasteiger partial charge in [-0.3, -0.25) is 4.98 Å². The maximum absolute atomic E-state index is 4.59. The predicted octanol–water partition coefficient (Wildman–Crippen LogP) is 4.33. The monoisotopic (exact) mass is 268 g/mol. The summed E-state index contributed by atoms with van der Waals surface area (Å²) in [6.45, 7) is 9.72. The number of nitrogens with zero attached hydrogens (tertiary/aromatic N) is 1. The van der Waals surface area contributed by atoms with E-state index in [1.807, 2.05) is 6.07 Å². The van der Waals surface area contributed by atoms with E-state index in [0.717, 1.165) is 24.2 Å². The lowest BCUT2D eigenvalue weighted by atomic mass is 10.0. The van der Waals surface area contributed by atoms with Gasteiger partial charge in [0.2, 0.25) is 0 Å². The number of hydrogen-bond donors (Lipinski definition) is 1. The van der Waals surface area contributed by atoms with Gasteiger partial charge in [0.25, 0.3) is 0 Å². The summed E-state index contributed by atoms with van der Waals surface area (Å²) in [4.78, 5) is 4.59. The molecule has 0 fully saturated rings. The maximum Gasteiger partial charge on any atom is 0.0711 e. The first-order valence-electron chi connectivity index (χ1n) is 7.39. The highest BCUT2D eigenvalue weighted by Gasteiger charge is 2.05. The van der Waals surface area contributed by atoms with Crippen molar-refractivity contribution in [2.45, 2.75) is 40.2 Å². The largest absolute Gasteiger partial charge is 0.311 e. The van der Waals surface area contributed by atoms with Crippen LogP contribution in [-0.4, -0.2) is 17.6 Å². The van der Waals surface area contributed by atoms with Gasteiger partial charge in [0.15, 0.2) is 0 Å². The molecule has 0 aliphatic rings. The van der Waals surface area contributed by atoms with E-state index in [-0.39, 0.29) is 0 Å². The molecule has 20 heavy (non-hydrogen) atoms. The van der Waals surface area contributed by atoms with Gasteiger partial charge in [-0.1, -0.05) is 36.8 Å². The molecule has 1 atom stereocenters. The maximum atomic E-state index is 4.59. The van der Waals surface area contributed by atoms with E-state index in [4.69, 9.17) is 0 Å². The van der Waals surface area contributed by atoms with E-state index >= 15 is 0 Å². The average molecular weight is 268 g/mol.